The normalized spacial score (nSPS) is 12.3. The maximum atomic E-state index is 12.2. The largest absolute Gasteiger partial charge is 0.468 e. The van der Waals surface area contributed by atoms with E-state index in [0.29, 0.717) is 31.3 Å². The van der Waals surface area contributed by atoms with Gasteiger partial charge in [-0.1, -0.05) is 20.8 Å². The van der Waals surface area contributed by atoms with Crippen molar-refractivity contribution in [3.63, 3.8) is 0 Å². The summed E-state index contributed by atoms with van der Waals surface area (Å²) in [6.45, 7) is 7.59. The van der Waals surface area contributed by atoms with E-state index in [1.54, 1.807) is 4.90 Å². The number of hydrogen-bond donors (Lipinski definition) is 1. The SMILES string of the molecule is CCCN(CC(=O)OC)C(=O)CCC(CCN)C(C)C. The zero-order chi connectivity index (χ0) is 15.5. The smallest absolute Gasteiger partial charge is 0.325 e. The van der Waals surface area contributed by atoms with Gasteiger partial charge >= 0.3 is 5.97 Å². The van der Waals surface area contributed by atoms with Crippen LogP contribution < -0.4 is 5.73 Å². The van der Waals surface area contributed by atoms with Crippen molar-refractivity contribution in [2.45, 2.75) is 46.5 Å². The molecule has 0 spiro atoms. The first-order valence-electron chi connectivity index (χ1n) is 7.50. The topological polar surface area (TPSA) is 72.6 Å². The van der Waals surface area contributed by atoms with Crippen LogP contribution in [0, 0.1) is 11.8 Å². The van der Waals surface area contributed by atoms with E-state index in [-0.39, 0.29) is 18.4 Å². The van der Waals surface area contributed by atoms with Crippen LogP contribution in [-0.4, -0.2) is 43.5 Å². The minimum atomic E-state index is -0.367. The fourth-order valence-electron chi connectivity index (χ4n) is 2.27. The molecule has 0 radical (unpaired) electrons. The lowest BCUT2D eigenvalue weighted by molar-refractivity contribution is -0.147. The summed E-state index contributed by atoms with van der Waals surface area (Å²) in [5.41, 5.74) is 5.61. The average Bonchev–Trinajstić information content (AvgIpc) is 2.41. The molecule has 118 valence electrons. The first kappa shape index (κ1) is 18.9. The molecule has 0 aliphatic carbocycles. The Balaban J connectivity index is 4.40. The summed E-state index contributed by atoms with van der Waals surface area (Å²) < 4.78 is 4.63. The minimum Gasteiger partial charge on any atom is -0.468 e. The first-order valence-corrected chi connectivity index (χ1v) is 7.50. The number of carbonyl (C=O) groups excluding carboxylic acids is 2. The van der Waals surface area contributed by atoms with Gasteiger partial charge in [-0.15, -0.1) is 0 Å². The summed E-state index contributed by atoms with van der Waals surface area (Å²) in [5, 5.41) is 0. The second-order valence-corrected chi connectivity index (χ2v) is 5.51. The van der Waals surface area contributed by atoms with Crippen molar-refractivity contribution in [2.24, 2.45) is 17.6 Å². The molecule has 0 bridgehead atoms. The number of esters is 1. The molecule has 0 aliphatic heterocycles. The Morgan fingerprint density at radius 1 is 1.25 bits per heavy atom. The second-order valence-electron chi connectivity index (χ2n) is 5.51. The Bertz CT molecular complexity index is 293. The van der Waals surface area contributed by atoms with Gasteiger partial charge in [0.25, 0.3) is 0 Å². The Morgan fingerprint density at radius 3 is 2.35 bits per heavy atom. The molecule has 0 rings (SSSR count). The van der Waals surface area contributed by atoms with Crippen molar-refractivity contribution >= 4 is 11.9 Å². The molecule has 0 aromatic carbocycles. The predicted molar refractivity (Wildman–Crippen MR) is 80.1 cm³/mol. The van der Waals surface area contributed by atoms with E-state index in [2.05, 4.69) is 18.6 Å². The molecule has 2 N–H and O–H groups in total. The number of carbonyl (C=O) groups is 2. The van der Waals surface area contributed by atoms with Crippen LogP contribution in [0.15, 0.2) is 0 Å². The summed E-state index contributed by atoms with van der Waals surface area (Å²) in [4.78, 5) is 25.1. The van der Waals surface area contributed by atoms with Gasteiger partial charge in [0, 0.05) is 13.0 Å². The molecule has 0 saturated carbocycles. The fourth-order valence-corrected chi connectivity index (χ4v) is 2.27. The van der Waals surface area contributed by atoms with Crippen LogP contribution in [0.5, 0.6) is 0 Å². The lowest BCUT2D eigenvalue weighted by Gasteiger charge is -2.24. The molecule has 0 aromatic heterocycles. The molecule has 0 heterocycles. The molecule has 0 saturated heterocycles. The number of hydrogen-bond acceptors (Lipinski definition) is 4. The maximum absolute atomic E-state index is 12.2. The van der Waals surface area contributed by atoms with E-state index in [1.807, 2.05) is 6.92 Å². The third-order valence-electron chi connectivity index (χ3n) is 3.60. The van der Waals surface area contributed by atoms with Crippen LogP contribution in [0.4, 0.5) is 0 Å². The number of ether oxygens (including phenoxy) is 1. The van der Waals surface area contributed by atoms with E-state index >= 15 is 0 Å². The summed E-state index contributed by atoms with van der Waals surface area (Å²) in [6.07, 6.45) is 3.07. The van der Waals surface area contributed by atoms with Crippen molar-refractivity contribution in [3.8, 4) is 0 Å². The summed E-state index contributed by atoms with van der Waals surface area (Å²) in [5.74, 6) is 0.645. The van der Waals surface area contributed by atoms with Gasteiger partial charge in [0.15, 0.2) is 0 Å². The van der Waals surface area contributed by atoms with E-state index < -0.39 is 0 Å². The van der Waals surface area contributed by atoms with Crippen molar-refractivity contribution in [3.05, 3.63) is 0 Å². The lowest BCUT2D eigenvalue weighted by atomic mass is 9.88. The molecule has 5 nitrogen and oxygen atoms in total. The van der Waals surface area contributed by atoms with Crippen LogP contribution in [-0.2, 0) is 14.3 Å². The number of amides is 1. The number of nitrogens with zero attached hydrogens (tertiary/aromatic N) is 1. The van der Waals surface area contributed by atoms with Gasteiger partial charge in [0.2, 0.25) is 5.91 Å². The number of methoxy groups -OCH3 is 1. The highest BCUT2D eigenvalue weighted by molar-refractivity contribution is 5.82. The molecule has 0 fully saturated rings. The van der Waals surface area contributed by atoms with Gasteiger partial charge < -0.3 is 15.4 Å². The number of nitrogens with two attached hydrogens (primary N) is 1. The van der Waals surface area contributed by atoms with Crippen LogP contribution in [0.25, 0.3) is 0 Å². The Kier molecular flexibility index (Phi) is 10.1. The Labute approximate surface area is 122 Å². The molecule has 5 heteroatoms. The molecule has 0 aliphatic rings. The molecule has 20 heavy (non-hydrogen) atoms. The first-order chi connectivity index (χ1) is 9.46. The zero-order valence-electron chi connectivity index (χ0n) is 13.4. The summed E-state index contributed by atoms with van der Waals surface area (Å²) >= 11 is 0. The third-order valence-corrected chi connectivity index (χ3v) is 3.60. The highest BCUT2D eigenvalue weighted by Gasteiger charge is 2.19. The van der Waals surface area contributed by atoms with Crippen LogP contribution in [0.3, 0.4) is 0 Å². The van der Waals surface area contributed by atoms with Crippen molar-refractivity contribution < 1.29 is 14.3 Å². The second kappa shape index (κ2) is 10.7. The quantitative estimate of drug-likeness (QED) is 0.622. The standard InChI is InChI=1S/C15H30N2O3/c1-5-10-17(11-15(19)20-4)14(18)7-6-13(8-9-16)12(2)3/h12-13H,5-11,16H2,1-4H3. The Hall–Kier alpha value is -1.10. The summed E-state index contributed by atoms with van der Waals surface area (Å²) in [7, 11) is 1.34. The van der Waals surface area contributed by atoms with Crippen LogP contribution in [0.2, 0.25) is 0 Å². The van der Waals surface area contributed by atoms with E-state index in [1.165, 1.54) is 7.11 Å². The molecule has 1 amide bonds. The van der Waals surface area contributed by atoms with E-state index in [0.717, 1.165) is 19.3 Å². The van der Waals surface area contributed by atoms with Crippen molar-refractivity contribution in [2.75, 3.05) is 26.7 Å². The van der Waals surface area contributed by atoms with Gasteiger partial charge in [-0.3, -0.25) is 9.59 Å². The van der Waals surface area contributed by atoms with Crippen LogP contribution in [0.1, 0.15) is 46.5 Å². The molecule has 1 atom stereocenters. The maximum Gasteiger partial charge on any atom is 0.325 e. The zero-order valence-corrected chi connectivity index (χ0v) is 13.4. The average molecular weight is 286 g/mol. The van der Waals surface area contributed by atoms with Crippen molar-refractivity contribution in [1.82, 2.24) is 4.90 Å². The van der Waals surface area contributed by atoms with Crippen molar-refractivity contribution in [1.29, 1.82) is 0 Å². The monoisotopic (exact) mass is 286 g/mol. The molecular weight excluding hydrogens is 256 g/mol. The van der Waals surface area contributed by atoms with E-state index in [4.69, 9.17) is 5.73 Å². The Morgan fingerprint density at radius 2 is 1.90 bits per heavy atom. The highest BCUT2D eigenvalue weighted by Crippen LogP contribution is 2.21. The fraction of sp³-hybridized carbons (Fsp3) is 0.867. The molecule has 0 aromatic rings. The molecular formula is C15H30N2O3. The van der Waals surface area contributed by atoms with Gasteiger partial charge in [-0.25, -0.2) is 0 Å². The summed E-state index contributed by atoms with van der Waals surface area (Å²) in [6, 6.07) is 0. The highest BCUT2D eigenvalue weighted by atomic mass is 16.5. The number of rotatable bonds is 10. The van der Waals surface area contributed by atoms with Gasteiger partial charge in [0.1, 0.15) is 6.54 Å². The third kappa shape index (κ3) is 7.48. The predicted octanol–water partition coefficient (Wildman–Crippen LogP) is 1.80. The minimum absolute atomic E-state index is 0.0277. The van der Waals surface area contributed by atoms with Gasteiger partial charge in [-0.05, 0) is 37.6 Å². The van der Waals surface area contributed by atoms with Gasteiger partial charge in [0.05, 0.1) is 7.11 Å². The van der Waals surface area contributed by atoms with Gasteiger partial charge in [-0.2, -0.15) is 0 Å². The lowest BCUT2D eigenvalue weighted by Crippen LogP contribution is -2.37. The van der Waals surface area contributed by atoms with Crippen LogP contribution >= 0.6 is 0 Å². The molecule has 1 unspecified atom stereocenters. The van der Waals surface area contributed by atoms with E-state index in [9.17, 15) is 9.59 Å².